The van der Waals surface area contributed by atoms with Gasteiger partial charge in [-0.1, -0.05) is 6.08 Å². The van der Waals surface area contributed by atoms with Gasteiger partial charge >= 0.3 is 0 Å². The third-order valence-corrected chi connectivity index (χ3v) is 4.53. The van der Waals surface area contributed by atoms with E-state index in [4.69, 9.17) is 37.9 Å². The van der Waals surface area contributed by atoms with E-state index in [0.717, 1.165) is 24.3 Å². The molecule has 3 atom stereocenters. The van der Waals surface area contributed by atoms with Crippen molar-refractivity contribution in [1.29, 1.82) is 0 Å². The lowest BCUT2D eigenvalue weighted by Gasteiger charge is -2.25. The van der Waals surface area contributed by atoms with Gasteiger partial charge in [-0.15, -0.1) is 6.58 Å². The molecule has 0 saturated carbocycles. The minimum atomic E-state index is -0.159. The third kappa shape index (κ3) is 12.7. The van der Waals surface area contributed by atoms with E-state index in [1.165, 1.54) is 0 Å². The van der Waals surface area contributed by atoms with Crippen molar-refractivity contribution < 1.29 is 37.9 Å². The molecule has 0 heterocycles. The Morgan fingerprint density at radius 2 is 1.26 bits per heavy atom. The van der Waals surface area contributed by atoms with Crippen molar-refractivity contribution in [3.63, 3.8) is 0 Å². The number of hydrogen-bond donors (Lipinski definition) is 0. The Balaban J connectivity index is 2.63. The molecule has 178 valence electrons. The molecule has 0 aliphatic heterocycles. The standard InChI is InChI=1S/C23H38O8/c1-6-7-21(29-16-24-2)14-22(30-17-25-3)12-13-23(31-18-26-4)15-28-20-10-8-19(27-5)9-11-20/h6,8-11,21-23H,1,7,12-18H2,2-5H3/t21-,22+,23+/m0/s1. The van der Waals surface area contributed by atoms with Gasteiger partial charge in [0, 0.05) is 27.8 Å². The van der Waals surface area contributed by atoms with Crippen LogP contribution < -0.4 is 9.47 Å². The first-order valence-electron chi connectivity index (χ1n) is 10.4. The molecule has 0 fully saturated rings. The van der Waals surface area contributed by atoms with Gasteiger partial charge in [-0.05, 0) is 43.5 Å². The first-order valence-corrected chi connectivity index (χ1v) is 10.4. The number of ether oxygens (including phenoxy) is 8. The fraction of sp³-hybridized carbons (Fsp3) is 0.652. The summed E-state index contributed by atoms with van der Waals surface area (Å²) in [5.74, 6) is 1.53. The van der Waals surface area contributed by atoms with Crippen molar-refractivity contribution in [1.82, 2.24) is 0 Å². The number of benzene rings is 1. The molecule has 0 saturated heterocycles. The molecule has 1 aromatic carbocycles. The molecule has 1 aromatic rings. The van der Waals surface area contributed by atoms with Crippen molar-refractivity contribution in [2.45, 2.75) is 44.0 Å². The molecule has 0 unspecified atom stereocenters. The van der Waals surface area contributed by atoms with Gasteiger partial charge in [-0.3, -0.25) is 0 Å². The molecular weight excluding hydrogens is 404 g/mol. The Kier molecular flexibility index (Phi) is 15.8. The molecule has 1 rings (SSSR count). The van der Waals surface area contributed by atoms with E-state index in [1.54, 1.807) is 28.4 Å². The van der Waals surface area contributed by atoms with E-state index in [2.05, 4.69) is 6.58 Å². The lowest BCUT2D eigenvalue weighted by Crippen LogP contribution is -2.28. The van der Waals surface area contributed by atoms with Gasteiger partial charge in [0.1, 0.15) is 38.5 Å². The second kappa shape index (κ2) is 17.9. The summed E-state index contributed by atoms with van der Waals surface area (Å²) in [6, 6.07) is 7.44. The van der Waals surface area contributed by atoms with Crippen molar-refractivity contribution >= 4 is 0 Å². The number of rotatable bonds is 20. The smallest absolute Gasteiger partial charge is 0.146 e. The molecule has 8 heteroatoms. The van der Waals surface area contributed by atoms with Gasteiger partial charge in [0.05, 0.1) is 25.4 Å². The molecule has 0 aliphatic rings. The van der Waals surface area contributed by atoms with Gasteiger partial charge in [0.15, 0.2) is 0 Å². The van der Waals surface area contributed by atoms with Crippen LogP contribution in [0.2, 0.25) is 0 Å². The molecule has 0 aromatic heterocycles. The van der Waals surface area contributed by atoms with Crippen LogP contribution >= 0.6 is 0 Å². The van der Waals surface area contributed by atoms with Crippen LogP contribution in [-0.4, -0.2) is 73.7 Å². The molecule has 0 N–H and O–H groups in total. The lowest BCUT2D eigenvalue weighted by molar-refractivity contribution is -0.122. The van der Waals surface area contributed by atoms with Crippen LogP contribution in [0.4, 0.5) is 0 Å². The van der Waals surface area contributed by atoms with Crippen LogP contribution in [-0.2, 0) is 28.4 Å². The molecule has 31 heavy (non-hydrogen) atoms. The van der Waals surface area contributed by atoms with Crippen molar-refractivity contribution in [2.24, 2.45) is 0 Å². The maximum absolute atomic E-state index is 5.89. The molecule has 0 amide bonds. The first kappa shape index (κ1) is 27.4. The normalized spacial score (nSPS) is 14.1. The largest absolute Gasteiger partial charge is 0.497 e. The minimum Gasteiger partial charge on any atom is -0.497 e. The maximum Gasteiger partial charge on any atom is 0.146 e. The fourth-order valence-corrected chi connectivity index (χ4v) is 2.92. The average Bonchev–Trinajstić information content (AvgIpc) is 2.80. The predicted octanol–water partition coefficient (Wildman–Crippen LogP) is 3.79. The van der Waals surface area contributed by atoms with Crippen LogP contribution in [0, 0.1) is 0 Å². The number of hydrogen-bond acceptors (Lipinski definition) is 8. The van der Waals surface area contributed by atoms with Gasteiger partial charge < -0.3 is 37.9 Å². The first-order chi connectivity index (χ1) is 15.2. The summed E-state index contributed by atoms with van der Waals surface area (Å²) in [7, 11) is 6.43. The maximum atomic E-state index is 5.89. The molecule has 0 aliphatic carbocycles. The quantitative estimate of drug-likeness (QED) is 0.223. The molecule has 0 bridgehead atoms. The summed E-state index contributed by atoms with van der Waals surface area (Å²) in [5.41, 5.74) is 0. The zero-order valence-electron chi connectivity index (χ0n) is 19.2. The van der Waals surface area contributed by atoms with Gasteiger partial charge in [-0.25, -0.2) is 0 Å². The molecule has 0 radical (unpaired) electrons. The van der Waals surface area contributed by atoms with Crippen LogP contribution in [0.1, 0.15) is 25.7 Å². The van der Waals surface area contributed by atoms with Crippen LogP contribution in [0.15, 0.2) is 36.9 Å². The highest BCUT2D eigenvalue weighted by Crippen LogP contribution is 2.20. The van der Waals surface area contributed by atoms with Crippen LogP contribution in [0.3, 0.4) is 0 Å². The van der Waals surface area contributed by atoms with Gasteiger partial charge in [0.25, 0.3) is 0 Å². The number of methoxy groups -OCH3 is 4. The van der Waals surface area contributed by atoms with Crippen molar-refractivity contribution in [3.8, 4) is 11.5 Å². The molecular formula is C23H38O8. The van der Waals surface area contributed by atoms with E-state index in [1.807, 2.05) is 30.3 Å². The summed E-state index contributed by atoms with van der Waals surface area (Å²) in [6.45, 7) is 4.82. The third-order valence-electron chi connectivity index (χ3n) is 4.53. The highest BCUT2D eigenvalue weighted by Gasteiger charge is 2.20. The minimum absolute atomic E-state index is 0.0480. The van der Waals surface area contributed by atoms with Gasteiger partial charge in [-0.2, -0.15) is 0 Å². The predicted molar refractivity (Wildman–Crippen MR) is 117 cm³/mol. The summed E-state index contributed by atoms with van der Waals surface area (Å²) >= 11 is 0. The van der Waals surface area contributed by atoms with Crippen molar-refractivity contribution in [2.75, 3.05) is 55.4 Å². The van der Waals surface area contributed by atoms with E-state index in [9.17, 15) is 0 Å². The Labute approximate surface area is 186 Å². The summed E-state index contributed by atoms with van der Waals surface area (Å²) in [4.78, 5) is 0. The monoisotopic (exact) mass is 442 g/mol. The summed E-state index contributed by atoms with van der Waals surface area (Å²) < 4.78 is 43.7. The van der Waals surface area contributed by atoms with Gasteiger partial charge in [0.2, 0.25) is 0 Å². The van der Waals surface area contributed by atoms with E-state index in [-0.39, 0.29) is 38.7 Å². The van der Waals surface area contributed by atoms with Crippen LogP contribution in [0.5, 0.6) is 11.5 Å². The van der Waals surface area contributed by atoms with Crippen molar-refractivity contribution in [3.05, 3.63) is 36.9 Å². The SMILES string of the molecule is C=CC[C@@H](C[C@@H](CC[C@H](COc1ccc(OC)cc1)OCOC)OCOC)OCOC. The Morgan fingerprint density at radius 1 is 0.742 bits per heavy atom. The summed E-state index contributed by atoms with van der Waals surface area (Å²) in [5, 5.41) is 0. The van der Waals surface area contributed by atoms with E-state index in [0.29, 0.717) is 19.4 Å². The Hall–Kier alpha value is -1.68. The topological polar surface area (TPSA) is 73.8 Å². The van der Waals surface area contributed by atoms with E-state index >= 15 is 0 Å². The average molecular weight is 443 g/mol. The lowest BCUT2D eigenvalue weighted by atomic mass is 10.0. The second-order valence-corrected chi connectivity index (χ2v) is 6.91. The summed E-state index contributed by atoms with van der Waals surface area (Å²) in [6.07, 6.45) is 4.42. The van der Waals surface area contributed by atoms with Crippen LogP contribution in [0.25, 0.3) is 0 Å². The zero-order chi connectivity index (χ0) is 22.7. The highest BCUT2D eigenvalue weighted by atomic mass is 16.7. The Bertz CT molecular complexity index is 551. The van der Waals surface area contributed by atoms with E-state index < -0.39 is 0 Å². The fourth-order valence-electron chi connectivity index (χ4n) is 2.92. The second-order valence-electron chi connectivity index (χ2n) is 6.91. The highest BCUT2D eigenvalue weighted by molar-refractivity contribution is 5.31. The molecule has 0 spiro atoms. The zero-order valence-corrected chi connectivity index (χ0v) is 19.2. The Morgan fingerprint density at radius 3 is 1.81 bits per heavy atom. The molecule has 8 nitrogen and oxygen atoms in total.